The molecule has 3 heterocycles. The van der Waals surface area contributed by atoms with E-state index in [1.165, 1.54) is 6.92 Å². The van der Waals surface area contributed by atoms with Crippen molar-refractivity contribution in [3.63, 3.8) is 0 Å². The van der Waals surface area contributed by atoms with E-state index in [0.717, 1.165) is 0 Å². The molecule has 3 fully saturated rings. The van der Waals surface area contributed by atoms with Gasteiger partial charge < -0.3 is 14.2 Å². The standard InChI is InChI=1S/C14H16O6S/c1-6(2)12(16)18-5-9(15)20-14(3)8-4-7-10(21-8)11(14)19-13(7)17/h7-8,10-11H,1,4-5H2,2-3H3. The summed E-state index contributed by atoms with van der Waals surface area (Å²) in [6.07, 6.45) is 0.263. The highest BCUT2D eigenvalue weighted by atomic mass is 32.2. The summed E-state index contributed by atoms with van der Waals surface area (Å²) in [5.74, 6) is -1.54. The fraction of sp³-hybridized carbons (Fsp3) is 0.643. The Bertz CT molecular complexity index is 544. The van der Waals surface area contributed by atoms with Crippen molar-refractivity contribution in [2.45, 2.75) is 42.5 Å². The summed E-state index contributed by atoms with van der Waals surface area (Å²) < 4.78 is 15.6. The molecule has 7 heteroatoms. The third-order valence-corrected chi connectivity index (χ3v) is 6.12. The normalized spacial score (nSPS) is 39.0. The summed E-state index contributed by atoms with van der Waals surface area (Å²) in [5, 5.41) is 0.114. The number of hydrogen-bond donors (Lipinski definition) is 0. The largest absolute Gasteiger partial charge is 0.457 e. The van der Waals surface area contributed by atoms with Crippen LogP contribution in [0.15, 0.2) is 12.2 Å². The molecule has 0 radical (unpaired) electrons. The van der Waals surface area contributed by atoms with E-state index in [2.05, 4.69) is 6.58 Å². The number of carbonyl (C=O) groups excluding carboxylic acids is 3. The number of rotatable bonds is 4. The molecule has 0 aromatic carbocycles. The van der Waals surface area contributed by atoms with E-state index in [4.69, 9.17) is 14.2 Å². The van der Waals surface area contributed by atoms with Crippen LogP contribution in [0.25, 0.3) is 0 Å². The first kappa shape index (κ1) is 14.4. The van der Waals surface area contributed by atoms with Gasteiger partial charge in [-0.3, -0.25) is 4.79 Å². The van der Waals surface area contributed by atoms with Crippen LogP contribution in [-0.2, 0) is 28.6 Å². The lowest BCUT2D eigenvalue weighted by atomic mass is 9.80. The highest BCUT2D eigenvalue weighted by Gasteiger charge is 2.70. The predicted molar refractivity (Wildman–Crippen MR) is 73.4 cm³/mol. The van der Waals surface area contributed by atoms with Crippen LogP contribution in [0.4, 0.5) is 0 Å². The highest BCUT2D eigenvalue weighted by molar-refractivity contribution is 8.01. The number of ether oxygens (including phenoxy) is 3. The van der Waals surface area contributed by atoms with Gasteiger partial charge in [0.15, 0.2) is 18.3 Å². The molecule has 0 aromatic heterocycles. The molecule has 6 nitrogen and oxygen atoms in total. The van der Waals surface area contributed by atoms with Gasteiger partial charge in [0.1, 0.15) is 0 Å². The molecular formula is C14H16O6S. The number of carbonyl (C=O) groups is 3. The smallest absolute Gasteiger partial charge is 0.345 e. The Labute approximate surface area is 126 Å². The SMILES string of the molecule is C=C(C)C(=O)OCC(=O)OC1(C)C2CC3C(=O)OC1C3S2. The Kier molecular flexibility index (Phi) is 3.27. The third kappa shape index (κ3) is 2.14. The zero-order chi connectivity index (χ0) is 15.4. The van der Waals surface area contributed by atoms with Crippen molar-refractivity contribution < 1.29 is 28.6 Å². The molecule has 0 aromatic rings. The molecule has 3 aliphatic rings. The van der Waals surface area contributed by atoms with Crippen molar-refractivity contribution in [3.05, 3.63) is 12.2 Å². The van der Waals surface area contributed by atoms with Gasteiger partial charge in [-0.15, -0.1) is 11.8 Å². The molecule has 0 aliphatic carbocycles. The van der Waals surface area contributed by atoms with Crippen LogP contribution in [-0.4, -0.2) is 46.7 Å². The lowest BCUT2D eigenvalue weighted by molar-refractivity contribution is -0.179. The Morgan fingerprint density at radius 2 is 2.24 bits per heavy atom. The zero-order valence-electron chi connectivity index (χ0n) is 11.8. The fourth-order valence-electron chi connectivity index (χ4n) is 3.14. The molecule has 0 spiro atoms. The first-order chi connectivity index (χ1) is 9.83. The van der Waals surface area contributed by atoms with Gasteiger partial charge >= 0.3 is 17.9 Å². The summed E-state index contributed by atoms with van der Waals surface area (Å²) in [7, 11) is 0. The van der Waals surface area contributed by atoms with Gasteiger partial charge in [0.25, 0.3) is 0 Å². The molecular weight excluding hydrogens is 296 g/mol. The minimum Gasteiger partial charge on any atom is -0.457 e. The molecule has 0 saturated carbocycles. The van der Waals surface area contributed by atoms with Crippen LogP contribution >= 0.6 is 11.8 Å². The van der Waals surface area contributed by atoms with Gasteiger partial charge in [-0.1, -0.05) is 6.58 Å². The summed E-state index contributed by atoms with van der Waals surface area (Å²) in [4.78, 5) is 34.8. The van der Waals surface area contributed by atoms with E-state index in [1.54, 1.807) is 18.7 Å². The number of fused-ring (bicyclic) bond motifs is 1. The second-order valence-corrected chi connectivity index (χ2v) is 7.19. The highest BCUT2D eigenvalue weighted by Crippen LogP contribution is 2.60. The van der Waals surface area contributed by atoms with Crippen molar-refractivity contribution in [3.8, 4) is 0 Å². The van der Waals surface area contributed by atoms with Crippen LogP contribution in [0, 0.1) is 5.92 Å². The van der Waals surface area contributed by atoms with E-state index in [1.807, 2.05) is 0 Å². The average molecular weight is 312 g/mol. The Morgan fingerprint density at radius 1 is 1.52 bits per heavy atom. The van der Waals surface area contributed by atoms with Gasteiger partial charge in [-0.05, 0) is 20.3 Å². The second kappa shape index (κ2) is 4.76. The monoisotopic (exact) mass is 312 g/mol. The maximum Gasteiger partial charge on any atom is 0.345 e. The Morgan fingerprint density at radius 3 is 2.90 bits per heavy atom. The maximum absolute atomic E-state index is 11.9. The Balaban J connectivity index is 1.63. The summed E-state index contributed by atoms with van der Waals surface area (Å²) in [6, 6.07) is 0. The third-order valence-electron chi connectivity index (χ3n) is 4.24. The van der Waals surface area contributed by atoms with Crippen molar-refractivity contribution in [1.82, 2.24) is 0 Å². The molecule has 0 N–H and O–H groups in total. The molecule has 3 rings (SSSR count). The molecule has 114 valence electrons. The molecule has 3 aliphatic heterocycles. The minimum absolute atomic E-state index is 0.0461. The topological polar surface area (TPSA) is 78.9 Å². The van der Waals surface area contributed by atoms with Crippen molar-refractivity contribution in [1.29, 1.82) is 0 Å². The van der Waals surface area contributed by atoms with Gasteiger partial charge in [0.2, 0.25) is 0 Å². The van der Waals surface area contributed by atoms with E-state index in [0.29, 0.717) is 6.42 Å². The summed E-state index contributed by atoms with van der Waals surface area (Å²) in [6.45, 7) is 6.25. The van der Waals surface area contributed by atoms with E-state index in [9.17, 15) is 14.4 Å². The molecule has 3 saturated heterocycles. The zero-order valence-corrected chi connectivity index (χ0v) is 12.6. The minimum atomic E-state index is -0.843. The lowest BCUT2D eigenvalue weighted by Gasteiger charge is -2.34. The van der Waals surface area contributed by atoms with Gasteiger partial charge in [0.05, 0.1) is 11.2 Å². The summed E-state index contributed by atoms with van der Waals surface area (Å²) >= 11 is 1.65. The molecule has 21 heavy (non-hydrogen) atoms. The van der Waals surface area contributed by atoms with Gasteiger partial charge in [-0.25, -0.2) is 9.59 Å². The second-order valence-electron chi connectivity index (χ2n) is 5.80. The average Bonchev–Trinajstić information content (AvgIpc) is 3.01. The fourth-order valence-corrected chi connectivity index (χ4v) is 5.17. The number of thioether (sulfide) groups is 1. The van der Waals surface area contributed by atoms with E-state index >= 15 is 0 Å². The van der Waals surface area contributed by atoms with Crippen LogP contribution in [0.3, 0.4) is 0 Å². The molecule has 5 atom stereocenters. The first-order valence-corrected chi connectivity index (χ1v) is 7.67. The van der Waals surface area contributed by atoms with Crippen LogP contribution in [0.1, 0.15) is 20.3 Å². The number of esters is 3. The predicted octanol–water partition coefficient (Wildman–Crippen LogP) is 0.837. The Hall–Kier alpha value is -1.50. The molecule has 0 amide bonds. The number of hydrogen-bond acceptors (Lipinski definition) is 7. The van der Waals surface area contributed by atoms with E-state index < -0.39 is 30.3 Å². The quantitative estimate of drug-likeness (QED) is 0.432. The van der Waals surface area contributed by atoms with E-state index in [-0.39, 0.29) is 28.0 Å². The van der Waals surface area contributed by atoms with Crippen molar-refractivity contribution >= 4 is 29.7 Å². The molecule has 5 unspecified atom stereocenters. The van der Waals surface area contributed by atoms with Crippen LogP contribution in [0.2, 0.25) is 0 Å². The van der Waals surface area contributed by atoms with Crippen LogP contribution < -0.4 is 0 Å². The first-order valence-electron chi connectivity index (χ1n) is 6.73. The van der Waals surface area contributed by atoms with Crippen LogP contribution in [0.5, 0.6) is 0 Å². The van der Waals surface area contributed by atoms with Gasteiger partial charge in [-0.2, -0.15) is 0 Å². The van der Waals surface area contributed by atoms with Crippen molar-refractivity contribution in [2.24, 2.45) is 5.92 Å². The van der Waals surface area contributed by atoms with Gasteiger partial charge in [0, 0.05) is 10.8 Å². The maximum atomic E-state index is 11.9. The molecule has 2 bridgehead atoms. The lowest BCUT2D eigenvalue weighted by Crippen LogP contribution is -2.51. The van der Waals surface area contributed by atoms with Crippen molar-refractivity contribution in [2.75, 3.05) is 6.61 Å². The summed E-state index contributed by atoms with van der Waals surface area (Å²) in [5.41, 5.74) is -0.623.